The molecule has 1 aromatic carbocycles. The van der Waals surface area contributed by atoms with Gasteiger partial charge in [-0.1, -0.05) is 18.2 Å². The molecule has 0 unspecified atom stereocenters. The second-order valence-electron chi connectivity index (χ2n) is 7.08. The van der Waals surface area contributed by atoms with E-state index >= 15 is 0 Å². The van der Waals surface area contributed by atoms with Crippen LogP contribution in [-0.2, 0) is 4.79 Å². The summed E-state index contributed by atoms with van der Waals surface area (Å²) in [6.45, 7) is 2.96. The number of nitrogens with zero attached hydrogens (tertiary/aromatic N) is 3. The summed E-state index contributed by atoms with van der Waals surface area (Å²) in [6, 6.07) is 10.1. The van der Waals surface area contributed by atoms with E-state index in [-0.39, 0.29) is 11.8 Å². The molecule has 1 saturated heterocycles. The van der Waals surface area contributed by atoms with Gasteiger partial charge in [0.15, 0.2) is 0 Å². The first-order valence-electron chi connectivity index (χ1n) is 9.72. The van der Waals surface area contributed by atoms with Crippen molar-refractivity contribution in [2.75, 3.05) is 32.7 Å². The van der Waals surface area contributed by atoms with Gasteiger partial charge in [-0.05, 0) is 31.5 Å². The van der Waals surface area contributed by atoms with Gasteiger partial charge in [-0.25, -0.2) is 4.98 Å². The predicted molar refractivity (Wildman–Crippen MR) is 113 cm³/mol. The maximum Gasteiger partial charge on any atom is 0.272 e. The Kier molecular flexibility index (Phi) is 5.54. The molecule has 4 rings (SSSR count). The summed E-state index contributed by atoms with van der Waals surface area (Å²) in [7, 11) is 0. The van der Waals surface area contributed by atoms with Crippen LogP contribution in [0.1, 0.15) is 29.8 Å². The van der Waals surface area contributed by atoms with Gasteiger partial charge in [-0.2, -0.15) is 0 Å². The van der Waals surface area contributed by atoms with Crippen molar-refractivity contribution in [3.8, 4) is 0 Å². The molecule has 1 aliphatic rings. The SMILES string of the molecule is NCCCC(=O)N1CCCN(C(=O)c2cc3c(cn2)sc2ccccc23)CC1. The quantitative estimate of drug-likeness (QED) is 0.735. The lowest BCUT2D eigenvalue weighted by Gasteiger charge is -2.22. The Labute approximate surface area is 167 Å². The van der Waals surface area contributed by atoms with Gasteiger partial charge in [-0.3, -0.25) is 9.59 Å². The van der Waals surface area contributed by atoms with E-state index in [4.69, 9.17) is 5.73 Å². The molecule has 6 nitrogen and oxygen atoms in total. The maximum absolute atomic E-state index is 13.0. The summed E-state index contributed by atoms with van der Waals surface area (Å²) in [5, 5.41) is 2.24. The second kappa shape index (κ2) is 8.24. The first-order chi connectivity index (χ1) is 13.7. The van der Waals surface area contributed by atoms with Crippen LogP contribution in [0.5, 0.6) is 0 Å². The van der Waals surface area contributed by atoms with E-state index in [2.05, 4.69) is 17.1 Å². The van der Waals surface area contributed by atoms with Crippen LogP contribution in [0.25, 0.3) is 20.2 Å². The van der Waals surface area contributed by atoms with Crippen molar-refractivity contribution in [1.29, 1.82) is 0 Å². The molecule has 0 radical (unpaired) electrons. The van der Waals surface area contributed by atoms with Gasteiger partial charge in [-0.15, -0.1) is 11.3 Å². The molecule has 0 atom stereocenters. The Bertz CT molecular complexity index is 1020. The van der Waals surface area contributed by atoms with E-state index in [1.807, 2.05) is 28.0 Å². The first kappa shape index (κ1) is 18.8. The first-order valence-corrected chi connectivity index (χ1v) is 10.5. The predicted octanol–water partition coefficient (Wildman–Crippen LogP) is 2.86. The molecule has 1 fully saturated rings. The lowest BCUT2D eigenvalue weighted by atomic mass is 10.1. The van der Waals surface area contributed by atoms with E-state index in [1.165, 1.54) is 4.70 Å². The molecular formula is C21H24N4O2S. The molecule has 2 aromatic heterocycles. The lowest BCUT2D eigenvalue weighted by Crippen LogP contribution is -2.37. The van der Waals surface area contributed by atoms with Crippen molar-refractivity contribution in [2.45, 2.75) is 19.3 Å². The molecule has 0 spiro atoms. The zero-order valence-corrected chi connectivity index (χ0v) is 16.6. The minimum absolute atomic E-state index is 0.0616. The number of hydrogen-bond acceptors (Lipinski definition) is 5. The Morgan fingerprint density at radius 1 is 1.04 bits per heavy atom. The summed E-state index contributed by atoms with van der Waals surface area (Å²) < 4.78 is 2.29. The Balaban J connectivity index is 1.51. The fourth-order valence-electron chi connectivity index (χ4n) is 3.69. The van der Waals surface area contributed by atoms with Crippen LogP contribution in [0.4, 0.5) is 0 Å². The maximum atomic E-state index is 13.0. The number of hydrogen-bond donors (Lipinski definition) is 1. The smallest absolute Gasteiger partial charge is 0.272 e. The molecule has 0 bridgehead atoms. The van der Waals surface area contributed by atoms with E-state index in [0.717, 1.165) is 21.9 Å². The largest absolute Gasteiger partial charge is 0.341 e. The van der Waals surface area contributed by atoms with Crippen molar-refractivity contribution in [1.82, 2.24) is 14.8 Å². The van der Waals surface area contributed by atoms with Gasteiger partial charge >= 0.3 is 0 Å². The number of fused-ring (bicyclic) bond motifs is 3. The van der Waals surface area contributed by atoms with Crippen molar-refractivity contribution < 1.29 is 9.59 Å². The summed E-state index contributed by atoms with van der Waals surface area (Å²) in [4.78, 5) is 33.4. The average Bonchev–Trinajstić information content (AvgIpc) is 2.91. The fourth-order valence-corrected chi connectivity index (χ4v) is 4.75. The van der Waals surface area contributed by atoms with Crippen molar-refractivity contribution in [3.63, 3.8) is 0 Å². The minimum atomic E-state index is -0.0616. The zero-order valence-electron chi connectivity index (χ0n) is 15.8. The van der Waals surface area contributed by atoms with Gasteiger partial charge in [0.05, 0.1) is 4.70 Å². The topological polar surface area (TPSA) is 79.5 Å². The summed E-state index contributed by atoms with van der Waals surface area (Å²) in [5.41, 5.74) is 5.97. The summed E-state index contributed by atoms with van der Waals surface area (Å²) in [6.07, 6.45) is 3.77. The number of thiophene rings is 1. The molecule has 1 aliphatic heterocycles. The van der Waals surface area contributed by atoms with Gasteiger partial charge < -0.3 is 15.5 Å². The van der Waals surface area contributed by atoms with Gasteiger partial charge in [0.2, 0.25) is 5.91 Å². The van der Waals surface area contributed by atoms with Crippen LogP contribution in [0.3, 0.4) is 0 Å². The van der Waals surface area contributed by atoms with Crippen LogP contribution in [0.15, 0.2) is 36.5 Å². The zero-order chi connectivity index (χ0) is 19.5. The molecule has 7 heteroatoms. The molecule has 146 valence electrons. The van der Waals surface area contributed by atoms with Crippen molar-refractivity contribution in [3.05, 3.63) is 42.2 Å². The monoisotopic (exact) mass is 396 g/mol. The Morgan fingerprint density at radius 2 is 1.82 bits per heavy atom. The van der Waals surface area contributed by atoms with E-state index in [1.54, 1.807) is 17.5 Å². The van der Waals surface area contributed by atoms with Crippen LogP contribution in [0.2, 0.25) is 0 Å². The number of aromatic nitrogens is 1. The highest BCUT2D eigenvalue weighted by Gasteiger charge is 2.23. The Morgan fingerprint density at radius 3 is 2.68 bits per heavy atom. The van der Waals surface area contributed by atoms with E-state index in [0.29, 0.717) is 51.3 Å². The van der Waals surface area contributed by atoms with Crippen LogP contribution in [0, 0.1) is 0 Å². The number of benzene rings is 1. The minimum Gasteiger partial charge on any atom is -0.341 e. The summed E-state index contributed by atoms with van der Waals surface area (Å²) in [5.74, 6) is 0.0671. The van der Waals surface area contributed by atoms with Crippen molar-refractivity contribution in [2.24, 2.45) is 5.73 Å². The van der Waals surface area contributed by atoms with Crippen molar-refractivity contribution >= 4 is 43.3 Å². The number of carbonyl (C=O) groups is 2. The van der Waals surface area contributed by atoms with Crippen LogP contribution >= 0.6 is 11.3 Å². The number of nitrogens with two attached hydrogens (primary N) is 1. The standard InChI is InChI=1S/C21H24N4O2S/c22-8-3-7-20(26)24-9-4-10-25(12-11-24)21(27)17-13-16-15-5-1-2-6-18(15)28-19(16)14-23-17/h1-2,5-6,13-14H,3-4,7-12,22H2. The molecule has 28 heavy (non-hydrogen) atoms. The van der Waals surface area contributed by atoms with Crippen LogP contribution < -0.4 is 5.73 Å². The lowest BCUT2D eigenvalue weighted by molar-refractivity contribution is -0.131. The highest BCUT2D eigenvalue weighted by atomic mass is 32.1. The normalized spacial score (nSPS) is 15.2. The molecule has 2 N–H and O–H groups in total. The fraction of sp³-hybridized carbons (Fsp3) is 0.381. The molecule has 3 heterocycles. The number of carbonyl (C=O) groups excluding carboxylic acids is 2. The highest BCUT2D eigenvalue weighted by Crippen LogP contribution is 2.33. The van der Waals surface area contributed by atoms with E-state index < -0.39 is 0 Å². The third-order valence-electron chi connectivity index (χ3n) is 5.21. The molecule has 0 aliphatic carbocycles. The third-order valence-corrected chi connectivity index (χ3v) is 6.34. The second-order valence-corrected chi connectivity index (χ2v) is 8.17. The van der Waals surface area contributed by atoms with Gasteiger partial charge in [0.25, 0.3) is 5.91 Å². The number of rotatable bonds is 4. The van der Waals surface area contributed by atoms with Gasteiger partial charge in [0, 0.05) is 54.3 Å². The highest BCUT2D eigenvalue weighted by molar-refractivity contribution is 7.25. The molecule has 0 saturated carbocycles. The average molecular weight is 397 g/mol. The molecular weight excluding hydrogens is 372 g/mol. The molecule has 2 amide bonds. The number of amides is 2. The number of pyridine rings is 1. The molecule has 3 aromatic rings. The van der Waals surface area contributed by atoms with Crippen LogP contribution in [-0.4, -0.2) is 59.3 Å². The summed E-state index contributed by atoms with van der Waals surface area (Å²) >= 11 is 1.69. The Hall–Kier alpha value is -2.51. The van der Waals surface area contributed by atoms with E-state index in [9.17, 15) is 9.59 Å². The van der Waals surface area contributed by atoms with Gasteiger partial charge in [0.1, 0.15) is 5.69 Å². The third kappa shape index (κ3) is 3.72.